The van der Waals surface area contributed by atoms with Crippen molar-refractivity contribution in [2.75, 3.05) is 6.54 Å². The van der Waals surface area contributed by atoms with Gasteiger partial charge in [-0.25, -0.2) is 4.39 Å². The molecule has 1 aliphatic heterocycles. The number of nitrogens with zero attached hydrogens (tertiary/aromatic N) is 3. The lowest BCUT2D eigenvalue weighted by Crippen LogP contribution is -2.44. The molecule has 27 heavy (non-hydrogen) atoms. The summed E-state index contributed by atoms with van der Waals surface area (Å²) in [5, 5.41) is 11.0. The van der Waals surface area contributed by atoms with Crippen molar-refractivity contribution in [3.63, 3.8) is 0 Å². The first kappa shape index (κ1) is 19.5. The smallest absolute Gasteiger partial charge is 0.238 e. The normalized spacial score (nSPS) is 18.8. The van der Waals surface area contributed by atoms with E-state index in [0.29, 0.717) is 36.2 Å². The standard InChI is InChI=1S/C20H27FN4O2/c1-13(2)11-17(20-24-23-14(3)27-20)22-19(26)18-9-6-10-25(18)12-15-7-4-5-8-16(15)21/h4-5,7-8,13,17-18H,6,9-12H2,1-3H3,(H,22,26). The molecule has 0 spiro atoms. The molecule has 1 amide bonds. The molecule has 0 aliphatic carbocycles. The number of carbonyl (C=O) groups excluding carboxylic acids is 1. The van der Waals surface area contributed by atoms with Crippen molar-refractivity contribution in [1.29, 1.82) is 0 Å². The summed E-state index contributed by atoms with van der Waals surface area (Å²) >= 11 is 0. The van der Waals surface area contributed by atoms with Gasteiger partial charge >= 0.3 is 0 Å². The molecule has 2 aromatic rings. The zero-order valence-electron chi connectivity index (χ0n) is 16.1. The summed E-state index contributed by atoms with van der Waals surface area (Å²) in [5.74, 6) is 0.983. The SMILES string of the molecule is Cc1nnc(C(CC(C)C)NC(=O)C2CCCN2Cc2ccccc2F)o1. The van der Waals surface area contributed by atoms with Crippen molar-refractivity contribution in [3.05, 3.63) is 47.4 Å². The minimum Gasteiger partial charge on any atom is -0.423 e. The van der Waals surface area contributed by atoms with Crippen LogP contribution in [0, 0.1) is 18.7 Å². The van der Waals surface area contributed by atoms with Crippen molar-refractivity contribution in [2.45, 2.75) is 58.7 Å². The molecule has 1 fully saturated rings. The number of halogens is 1. The van der Waals surface area contributed by atoms with E-state index in [1.165, 1.54) is 6.07 Å². The predicted octanol–water partition coefficient (Wildman–Crippen LogP) is 3.39. The van der Waals surface area contributed by atoms with Crippen molar-refractivity contribution < 1.29 is 13.6 Å². The van der Waals surface area contributed by atoms with Crippen LogP contribution in [0.25, 0.3) is 0 Å². The molecule has 2 unspecified atom stereocenters. The summed E-state index contributed by atoms with van der Waals surface area (Å²) in [5.41, 5.74) is 0.614. The lowest BCUT2D eigenvalue weighted by Gasteiger charge is -2.26. The summed E-state index contributed by atoms with van der Waals surface area (Å²) < 4.78 is 19.5. The molecular formula is C20H27FN4O2. The molecule has 1 saturated heterocycles. The van der Waals surface area contributed by atoms with Gasteiger partial charge in [-0.1, -0.05) is 32.0 Å². The molecular weight excluding hydrogens is 347 g/mol. The molecule has 3 rings (SSSR count). The lowest BCUT2D eigenvalue weighted by atomic mass is 10.0. The van der Waals surface area contributed by atoms with Crippen LogP contribution < -0.4 is 5.32 Å². The van der Waals surface area contributed by atoms with Gasteiger partial charge in [0.25, 0.3) is 0 Å². The molecule has 6 nitrogen and oxygen atoms in total. The van der Waals surface area contributed by atoms with Crippen LogP contribution in [0.3, 0.4) is 0 Å². The highest BCUT2D eigenvalue weighted by molar-refractivity contribution is 5.82. The van der Waals surface area contributed by atoms with Gasteiger partial charge in [-0.15, -0.1) is 10.2 Å². The number of hydrogen-bond acceptors (Lipinski definition) is 5. The maximum atomic E-state index is 14.0. The minimum absolute atomic E-state index is 0.0645. The van der Waals surface area contributed by atoms with Crippen LogP contribution >= 0.6 is 0 Å². The second-order valence-corrected chi connectivity index (χ2v) is 7.57. The Balaban J connectivity index is 1.69. The first-order chi connectivity index (χ1) is 12.9. The Labute approximate surface area is 159 Å². The Morgan fingerprint density at radius 2 is 2.15 bits per heavy atom. The molecule has 0 radical (unpaired) electrons. The first-order valence-corrected chi connectivity index (χ1v) is 9.52. The minimum atomic E-state index is -0.311. The third kappa shape index (κ3) is 4.91. The summed E-state index contributed by atoms with van der Waals surface area (Å²) in [6, 6.07) is 6.14. The van der Waals surface area contributed by atoms with Crippen LogP contribution in [0.15, 0.2) is 28.7 Å². The molecule has 7 heteroatoms. The molecule has 1 aromatic heterocycles. The number of aromatic nitrogens is 2. The average molecular weight is 374 g/mol. The molecule has 2 heterocycles. The van der Waals surface area contributed by atoms with Gasteiger partial charge < -0.3 is 9.73 Å². The fourth-order valence-corrected chi connectivity index (χ4v) is 3.57. The van der Waals surface area contributed by atoms with Crippen molar-refractivity contribution in [1.82, 2.24) is 20.4 Å². The molecule has 0 bridgehead atoms. The van der Waals surface area contributed by atoms with E-state index in [2.05, 4.69) is 29.4 Å². The number of aryl methyl sites for hydroxylation is 1. The highest BCUT2D eigenvalue weighted by Gasteiger charge is 2.33. The first-order valence-electron chi connectivity index (χ1n) is 9.52. The highest BCUT2D eigenvalue weighted by Crippen LogP contribution is 2.24. The van der Waals surface area contributed by atoms with E-state index in [4.69, 9.17) is 4.42 Å². The van der Waals surface area contributed by atoms with Gasteiger partial charge in [0.2, 0.25) is 17.7 Å². The summed E-state index contributed by atoms with van der Waals surface area (Å²) in [4.78, 5) is 15.0. The highest BCUT2D eigenvalue weighted by atomic mass is 19.1. The topological polar surface area (TPSA) is 71.3 Å². The van der Waals surface area contributed by atoms with E-state index >= 15 is 0 Å². The lowest BCUT2D eigenvalue weighted by molar-refractivity contribution is -0.126. The summed E-state index contributed by atoms with van der Waals surface area (Å²) in [6.45, 7) is 7.11. The fraction of sp³-hybridized carbons (Fsp3) is 0.550. The average Bonchev–Trinajstić information content (AvgIpc) is 3.25. The van der Waals surface area contributed by atoms with Gasteiger partial charge in [0.15, 0.2) is 0 Å². The second kappa shape index (κ2) is 8.61. The van der Waals surface area contributed by atoms with Crippen LogP contribution in [0.1, 0.15) is 56.5 Å². The maximum Gasteiger partial charge on any atom is 0.238 e. The summed E-state index contributed by atoms with van der Waals surface area (Å²) in [7, 11) is 0. The largest absolute Gasteiger partial charge is 0.423 e. The zero-order valence-corrected chi connectivity index (χ0v) is 16.1. The van der Waals surface area contributed by atoms with Gasteiger partial charge in [0.1, 0.15) is 11.9 Å². The van der Waals surface area contributed by atoms with E-state index < -0.39 is 0 Å². The Kier molecular flexibility index (Phi) is 6.21. The van der Waals surface area contributed by atoms with Crippen LogP contribution in [-0.4, -0.2) is 33.6 Å². The number of nitrogens with one attached hydrogen (secondary N) is 1. The fourth-order valence-electron chi connectivity index (χ4n) is 3.57. The number of carbonyl (C=O) groups is 1. The quantitative estimate of drug-likeness (QED) is 0.804. The molecule has 1 N–H and O–H groups in total. The van der Waals surface area contributed by atoms with Crippen molar-refractivity contribution in [3.8, 4) is 0 Å². The number of benzene rings is 1. The molecule has 2 atom stereocenters. The molecule has 1 aliphatic rings. The third-order valence-electron chi connectivity index (χ3n) is 4.86. The summed E-state index contributed by atoms with van der Waals surface area (Å²) in [6.07, 6.45) is 2.39. The van der Waals surface area contributed by atoms with E-state index in [0.717, 1.165) is 19.4 Å². The van der Waals surface area contributed by atoms with Gasteiger partial charge in [0, 0.05) is 19.0 Å². The van der Waals surface area contributed by atoms with Gasteiger partial charge in [-0.05, 0) is 37.8 Å². The van der Waals surface area contributed by atoms with Gasteiger partial charge in [-0.2, -0.15) is 0 Å². The number of rotatable bonds is 7. The predicted molar refractivity (Wildman–Crippen MR) is 99.2 cm³/mol. The maximum absolute atomic E-state index is 14.0. The number of hydrogen-bond donors (Lipinski definition) is 1. The Bertz CT molecular complexity index is 777. The van der Waals surface area contributed by atoms with Gasteiger partial charge in [-0.3, -0.25) is 9.69 Å². The van der Waals surface area contributed by atoms with E-state index in [-0.39, 0.29) is 23.8 Å². The Morgan fingerprint density at radius 3 is 2.81 bits per heavy atom. The molecule has 1 aromatic carbocycles. The number of likely N-dealkylation sites (tertiary alicyclic amines) is 1. The van der Waals surface area contributed by atoms with Crippen LogP contribution in [-0.2, 0) is 11.3 Å². The Hall–Kier alpha value is -2.28. The zero-order chi connectivity index (χ0) is 19.4. The van der Waals surface area contributed by atoms with Crippen molar-refractivity contribution >= 4 is 5.91 Å². The van der Waals surface area contributed by atoms with Crippen LogP contribution in [0.5, 0.6) is 0 Å². The van der Waals surface area contributed by atoms with Crippen LogP contribution in [0.2, 0.25) is 0 Å². The molecule has 0 saturated carbocycles. The third-order valence-corrected chi connectivity index (χ3v) is 4.86. The monoisotopic (exact) mass is 374 g/mol. The van der Waals surface area contributed by atoms with E-state index in [9.17, 15) is 9.18 Å². The van der Waals surface area contributed by atoms with E-state index in [1.54, 1.807) is 19.1 Å². The van der Waals surface area contributed by atoms with Gasteiger partial charge in [0.05, 0.1) is 6.04 Å². The van der Waals surface area contributed by atoms with E-state index in [1.807, 2.05) is 11.0 Å². The van der Waals surface area contributed by atoms with Crippen molar-refractivity contribution in [2.24, 2.45) is 5.92 Å². The molecule has 146 valence electrons. The van der Waals surface area contributed by atoms with Crippen LogP contribution in [0.4, 0.5) is 4.39 Å². The number of amides is 1. The second-order valence-electron chi connectivity index (χ2n) is 7.57. The Morgan fingerprint density at radius 1 is 1.37 bits per heavy atom.